The number of hydrogen-bond acceptors (Lipinski definition) is 4. The highest BCUT2D eigenvalue weighted by molar-refractivity contribution is 7.91. The first-order valence-corrected chi connectivity index (χ1v) is 8.57. The summed E-state index contributed by atoms with van der Waals surface area (Å²) in [5, 5.41) is 8.90. The highest BCUT2D eigenvalue weighted by Gasteiger charge is 2.32. The molecular formula is C13H15ClFNO4S. The fourth-order valence-corrected chi connectivity index (χ4v) is 4.19. The predicted octanol–water partition coefficient (Wildman–Crippen LogP) is 1.55. The van der Waals surface area contributed by atoms with Crippen LogP contribution in [0.1, 0.15) is 12.0 Å². The maximum Gasteiger partial charge on any atom is 0.304 e. The molecule has 1 heterocycles. The van der Waals surface area contributed by atoms with Crippen LogP contribution >= 0.6 is 11.6 Å². The molecule has 1 N–H and O–H groups in total. The molecule has 1 unspecified atom stereocenters. The van der Waals surface area contributed by atoms with Crippen molar-refractivity contribution in [3.63, 3.8) is 0 Å². The van der Waals surface area contributed by atoms with Gasteiger partial charge in [0.25, 0.3) is 0 Å². The first-order valence-electron chi connectivity index (χ1n) is 6.37. The lowest BCUT2D eigenvalue weighted by Crippen LogP contribution is -2.48. The minimum atomic E-state index is -3.21. The maximum absolute atomic E-state index is 13.1. The van der Waals surface area contributed by atoms with Gasteiger partial charge in [-0.1, -0.05) is 17.7 Å². The van der Waals surface area contributed by atoms with Crippen LogP contribution in [0.2, 0.25) is 5.02 Å². The number of nitrogens with zero attached hydrogens (tertiary/aromatic N) is 1. The molecule has 1 atom stereocenters. The number of carbonyl (C=O) groups is 1. The monoisotopic (exact) mass is 335 g/mol. The Labute approximate surface area is 127 Å². The van der Waals surface area contributed by atoms with Crippen LogP contribution in [0.3, 0.4) is 0 Å². The second-order valence-corrected chi connectivity index (χ2v) is 7.72. The van der Waals surface area contributed by atoms with Gasteiger partial charge >= 0.3 is 5.97 Å². The zero-order valence-corrected chi connectivity index (χ0v) is 12.7. The van der Waals surface area contributed by atoms with E-state index in [1.165, 1.54) is 12.1 Å². The normalized spacial score (nSPS) is 22.1. The lowest BCUT2D eigenvalue weighted by Gasteiger charge is -2.34. The molecule has 0 spiro atoms. The number of benzene rings is 1. The molecular weight excluding hydrogens is 321 g/mol. The quantitative estimate of drug-likeness (QED) is 0.903. The van der Waals surface area contributed by atoms with Crippen LogP contribution in [-0.2, 0) is 21.2 Å². The van der Waals surface area contributed by atoms with Crippen molar-refractivity contribution >= 4 is 27.4 Å². The molecule has 1 aliphatic heterocycles. The maximum atomic E-state index is 13.1. The number of rotatable bonds is 4. The average Bonchev–Trinajstić information content (AvgIpc) is 2.36. The molecule has 0 bridgehead atoms. The molecule has 1 aromatic rings. The molecule has 0 aliphatic carbocycles. The van der Waals surface area contributed by atoms with E-state index in [9.17, 15) is 17.6 Å². The van der Waals surface area contributed by atoms with Gasteiger partial charge in [-0.3, -0.25) is 9.69 Å². The van der Waals surface area contributed by atoms with E-state index in [4.69, 9.17) is 16.7 Å². The number of aliphatic carboxylic acids is 1. The van der Waals surface area contributed by atoms with Crippen LogP contribution in [-0.4, -0.2) is 48.5 Å². The first kappa shape index (κ1) is 16.2. The van der Waals surface area contributed by atoms with Crippen molar-refractivity contribution in [3.05, 3.63) is 34.6 Å². The Balaban J connectivity index is 2.15. The van der Waals surface area contributed by atoms with E-state index in [2.05, 4.69) is 0 Å². The molecule has 5 nitrogen and oxygen atoms in total. The summed E-state index contributed by atoms with van der Waals surface area (Å²) >= 11 is 5.71. The Morgan fingerprint density at radius 2 is 2.19 bits per heavy atom. The Hall–Kier alpha value is -1.18. The standard InChI is InChI=1S/C13H15ClFNO4S/c14-11-5-9(1-2-12(11)15)7-16-3-4-21(19,20)8-10(16)6-13(17)18/h1-2,5,10H,3-4,6-8H2,(H,17,18). The zero-order chi connectivity index (χ0) is 15.6. The van der Waals surface area contributed by atoms with Crippen LogP contribution in [0.25, 0.3) is 0 Å². The summed E-state index contributed by atoms with van der Waals surface area (Å²) in [5.41, 5.74) is 0.719. The van der Waals surface area contributed by atoms with E-state index < -0.39 is 27.7 Å². The second kappa shape index (κ2) is 6.29. The number of sulfone groups is 1. The fourth-order valence-electron chi connectivity index (χ4n) is 2.39. The Bertz CT molecular complexity index is 650. The van der Waals surface area contributed by atoms with Gasteiger partial charge in [-0.15, -0.1) is 0 Å². The Morgan fingerprint density at radius 3 is 2.81 bits per heavy atom. The smallest absolute Gasteiger partial charge is 0.304 e. The summed E-state index contributed by atoms with van der Waals surface area (Å²) in [6.07, 6.45) is -0.242. The molecule has 1 saturated heterocycles. The molecule has 0 amide bonds. The van der Waals surface area contributed by atoms with Crippen molar-refractivity contribution in [2.75, 3.05) is 18.1 Å². The molecule has 0 aromatic heterocycles. The van der Waals surface area contributed by atoms with Gasteiger partial charge in [0.2, 0.25) is 0 Å². The molecule has 8 heteroatoms. The molecule has 0 saturated carbocycles. The largest absolute Gasteiger partial charge is 0.481 e. The van der Waals surface area contributed by atoms with Gasteiger partial charge in [-0.2, -0.15) is 0 Å². The van der Waals surface area contributed by atoms with Crippen molar-refractivity contribution in [1.82, 2.24) is 4.90 Å². The molecule has 0 radical (unpaired) electrons. The lowest BCUT2D eigenvalue weighted by molar-refractivity contribution is -0.138. The predicted molar refractivity (Wildman–Crippen MR) is 76.5 cm³/mol. The first-order chi connectivity index (χ1) is 9.77. The van der Waals surface area contributed by atoms with Gasteiger partial charge < -0.3 is 5.11 Å². The molecule has 1 aliphatic rings. The van der Waals surface area contributed by atoms with E-state index in [-0.39, 0.29) is 29.5 Å². The van der Waals surface area contributed by atoms with Gasteiger partial charge in [-0.25, -0.2) is 12.8 Å². The summed E-state index contributed by atoms with van der Waals surface area (Å²) in [5.74, 6) is -1.74. The summed E-state index contributed by atoms with van der Waals surface area (Å²) < 4.78 is 36.4. The number of carboxylic acids is 1. The topological polar surface area (TPSA) is 74.7 Å². The summed E-state index contributed by atoms with van der Waals surface area (Å²) in [7, 11) is -3.21. The van der Waals surface area contributed by atoms with E-state index in [1.807, 2.05) is 0 Å². The van der Waals surface area contributed by atoms with Crippen molar-refractivity contribution in [2.45, 2.75) is 19.0 Å². The number of carboxylic acid groups (broad SMARTS) is 1. The summed E-state index contributed by atoms with van der Waals surface area (Å²) in [4.78, 5) is 12.7. The van der Waals surface area contributed by atoms with Crippen molar-refractivity contribution in [2.24, 2.45) is 0 Å². The fraction of sp³-hybridized carbons (Fsp3) is 0.462. The van der Waals surface area contributed by atoms with Gasteiger partial charge in [0, 0.05) is 19.1 Å². The van der Waals surface area contributed by atoms with Crippen LogP contribution in [0.15, 0.2) is 18.2 Å². The highest BCUT2D eigenvalue weighted by Crippen LogP contribution is 2.21. The van der Waals surface area contributed by atoms with Crippen LogP contribution < -0.4 is 0 Å². The van der Waals surface area contributed by atoms with E-state index in [1.54, 1.807) is 11.0 Å². The van der Waals surface area contributed by atoms with Crippen LogP contribution in [0.5, 0.6) is 0 Å². The molecule has 116 valence electrons. The van der Waals surface area contributed by atoms with Gasteiger partial charge in [0.05, 0.1) is 22.9 Å². The van der Waals surface area contributed by atoms with E-state index in [0.717, 1.165) is 5.56 Å². The average molecular weight is 336 g/mol. The van der Waals surface area contributed by atoms with E-state index >= 15 is 0 Å². The lowest BCUT2D eigenvalue weighted by atomic mass is 10.1. The van der Waals surface area contributed by atoms with Crippen molar-refractivity contribution < 1.29 is 22.7 Å². The second-order valence-electron chi connectivity index (χ2n) is 5.08. The molecule has 1 fully saturated rings. The summed E-state index contributed by atoms with van der Waals surface area (Å²) in [6, 6.07) is 3.69. The minimum absolute atomic E-state index is 0.00194. The van der Waals surface area contributed by atoms with Gasteiger partial charge in [0.1, 0.15) is 5.82 Å². The number of halogens is 2. The third kappa shape index (κ3) is 4.39. The number of hydrogen-bond donors (Lipinski definition) is 1. The Morgan fingerprint density at radius 1 is 1.48 bits per heavy atom. The Kier molecular flexibility index (Phi) is 4.85. The van der Waals surface area contributed by atoms with E-state index in [0.29, 0.717) is 6.54 Å². The van der Waals surface area contributed by atoms with Gasteiger partial charge in [0.15, 0.2) is 9.84 Å². The molecule has 1 aromatic carbocycles. The van der Waals surface area contributed by atoms with Gasteiger partial charge in [-0.05, 0) is 17.7 Å². The van der Waals surface area contributed by atoms with Crippen LogP contribution in [0.4, 0.5) is 4.39 Å². The van der Waals surface area contributed by atoms with Crippen molar-refractivity contribution in [3.8, 4) is 0 Å². The van der Waals surface area contributed by atoms with Crippen molar-refractivity contribution in [1.29, 1.82) is 0 Å². The van der Waals surface area contributed by atoms with Crippen LogP contribution in [0, 0.1) is 5.82 Å². The SMILES string of the molecule is O=C(O)CC1CS(=O)(=O)CCN1Cc1ccc(F)c(Cl)c1. The molecule has 21 heavy (non-hydrogen) atoms. The minimum Gasteiger partial charge on any atom is -0.481 e. The highest BCUT2D eigenvalue weighted by atomic mass is 35.5. The zero-order valence-electron chi connectivity index (χ0n) is 11.1. The third-order valence-electron chi connectivity index (χ3n) is 3.43. The summed E-state index contributed by atoms with van der Waals surface area (Å²) in [6.45, 7) is 0.600. The third-order valence-corrected chi connectivity index (χ3v) is 5.42. The molecule has 2 rings (SSSR count).